The van der Waals surface area contributed by atoms with E-state index in [2.05, 4.69) is 53.7 Å². The van der Waals surface area contributed by atoms with E-state index in [1.807, 2.05) is 0 Å². The van der Waals surface area contributed by atoms with Gasteiger partial charge in [-0.05, 0) is 90.9 Å². The summed E-state index contributed by atoms with van der Waals surface area (Å²) in [6.07, 6.45) is 19.7. The molecule has 0 amide bonds. The van der Waals surface area contributed by atoms with Gasteiger partial charge in [0.2, 0.25) is 0 Å². The van der Waals surface area contributed by atoms with E-state index in [1.165, 1.54) is 70.6 Å². The van der Waals surface area contributed by atoms with Crippen molar-refractivity contribution < 1.29 is 0 Å². The first-order valence-corrected chi connectivity index (χ1v) is 11.5. The van der Waals surface area contributed by atoms with Gasteiger partial charge in [0.15, 0.2) is 0 Å². The zero-order chi connectivity index (χ0) is 19.7. The normalized spacial score (nSPS) is 23.2. The van der Waals surface area contributed by atoms with Gasteiger partial charge in [0, 0.05) is 0 Å². The first-order valence-electron chi connectivity index (χ1n) is 11.5. The molecule has 0 spiro atoms. The van der Waals surface area contributed by atoms with Crippen molar-refractivity contribution >= 4 is 0 Å². The molecule has 0 fully saturated rings. The van der Waals surface area contributed by atoms with Gasteiger partial charge in [-0.15, -0.1) is 0 Å². The molecule has 0 heteroatoms. The Kier molecular flexibility index (Phi) is 6.24. The third kappa shape index (κ3) is 4.87. The first kappa shape index (κ1) is 20.7. The number of fused-ring (bicyclic) bond motifs is 1. The predicted octanol–water partition coefficient (Wildman–Crippen LogP) is 8.86. The van der Waals surface area contributed by atoms with Crippen molar-refractivity contribution in [2.45, 2.75) is 112 Å². The van der Waals surface area contributed by atoms with Crippen molar-refractivity contribution in [3.8, 4) is 0 Å². The maximum Gasteiger partial charge on any atom is -0.0126 e. The molecule has 27 heavy (non-hydrogen) atoms. The third-order valence-corrected chi connectivity index (χ3v) is 6.55. The molecule has 0 nitrogen and oxygen atoms in total. The lowest BCUT2D eigenvalue weighted by atomic mass is 9.60. The molecule has 0 unspecified atom stereocenters. The molecule has 3 aliphatic rings. The lowest BCUT2D eigenvalue weighted by Crippen LogP contribution is -2.30. The van der Waals surface area contributed by atoms with Crippen LogP contribution >= 0.6 is 0 Å². The number of rotatable bonds is 0. The molecule has 0 N–H and O–H groups in total. The highest BCUT2D eigenvalue weighted by atomic mass is 14.4. The van der Waals surface area contributed by atoms with E-state index >= 15 is 0 Å². The SMILES string of the molecule is CC(C)(C)C1=C(C(C)(C)C)C2=C1CCCCCC1=CCC(=C1)CCCCC2. The summed E-state index contributed by atoms with van der Waals surface area (Å²) >= 11 is 0. The van der Waals surface area contributed by atoms with Crippen LogP contribution < -0.4 is 0 Å². The van der Waals surface area contributed by atoms with Crippen LogP contribution in [0.1, 0.15) is 112 Å². The summed E-state index contributed by atoms with van der Waals surface area (Å²) < 4.78 is 0. The summed E-state index contributed by atoms with van der Waals surface area (Å²) in [6.45, 7) is 14.5. The van der Waals surface area contributed by atoms with Gasteiger partial charge in [0.1, 0.15) is 0 Å². The topological polar surface area (TPSA) is 0 Å². The molecule has 3 aliphatic carbocycles. The summed E-state index contributed by atoms with van der Waals surface area (Å²) in [4.78, 5) is 0. The van der Waals surface area contributed by atoms with Crippen LogP contribution in [0.25, 0.3) is 0 Å². The summed E-state index contributed by atoms with van der Waals surface area (Å²) in [5, 5.41) is 0. The van der Waals surface area contributed by atoms with Crippen molar-refractivity contribution in [3.05, 3.63) is 45.6 Å². The number of allylic oxidation sites excluding steroid dienone is 8. The van der Waals surface area contributed by atoms with Crippen LogP contribution in [0.5, 0.6) is 0 Å². The largest absolute Gasteiger partial charge is 0.0772 e. The van der Waals surface area contributed by atoms with Gasteiger partial charge in [-0.1, -0.05) is 77.7 Å². The van der Waals surface area contributed by atoms with E-state index < -0.39 is 0 Å². The standard InChI is InChI=1S/C27H42/c1-26(2,3)24-22-15-11-7-9-13-20-17-18-21(19-20)14-10-8-12-16-23(22)25(24)27(4,5)6/h17,19H,7-16,18H2,1-6H3. The second-order valence-corrected chi connectivity index (χ2v) is 11.1. The Balaban J connectivity index is 1.77. The summed E-state index contributed by atoms with van der Waals surface area (Å²) in [5.41, 5.74) is 10.8. The van der Waals surface area contributed by atoms with E-state index in [1.54, 1.807) is 33.4 Å². The molecule has 0 atom stereocenters. The third-order valence-electron chi connectivity index (χ3n) is 6.55. The minimum Gasteiger partial charge on any atom is -0.0772 e. The summed E-state index contributed by atoms with van der Waals surface area (Å²) in [6, 6.07) is 0. The van der Waals surface area contributed by atoms with Crippen LogP contribution in [0, 0.1) is 10.8 Å². The zero-order valence-electron chi connectivity index (χ0n) is 18.9. The van der Waals surface area contributed by atoms with Gasteiger partial charge in [0.25, 0.3) is 0 Å². The Bertz CT molecular complexity index is 677. The van der Waals surface area contributed by atoms with Crippen molar-refractivity contribution in [2.75, 3.05) is 0 Å². The molecule has 0 aliphatic heterocycles. The number of hydrogen-bond donors (Lipinski definition) is 0. The fourth-order valence-corrected chi connectivity index (χ4v) is 5.38. The van der Waals surface area contributed by atoms with Gasteiger partial charge >= 0.3 is 0 Å². The number of hydrogen-bond acceptors (Lipinski definition) is 0. The average Bonchev–Trinajstić information content (AvgIpc) is 2.96. The van der Waals surface area contributed by atoms with Gasteiger partial charge in [-0.3, -0.25) is 0 Å². The zero-order valence-corrected chi connectivity index (χ0v) is 18.9. The van der Waals surface area contributed by atoms with Crippen LogP contribution in [-0.2, 0) is 0 Å². The van der Waals surface area contributed by atoms with Crippen molar-refractivity contribution in [2.24, 2.45) is 10.8 Å². The Labute approximate surface area is 168 Å². The van der Waals surface area contributed by atoms with E-state index in [0.717, 1.165) is 0 Å². The predicted molar refractivity (Wildman–Crippen MR) is 120 cm³/mol. The van der Waals surface area contributed by atoms with Crippen molar-refractivity contribution in [1.29, 1.82) is 0 Å². The molecule has 3 rings (SSSR count). The molecule has 0 aromatic heterocycles. The second kappa shape index (κ2) is 8.14. The molecular formula is C27H42. The molecule has 0 aromatic rings. The van der Waals surface area contributed by atoms with Gasteiger partial charge in [-0.2, -0.15) is 0 Å². The average molecular weight is 367 g/mol. The summed E-state index contributed by atoms with van der Waals surface area (Å²) in [7, 11) is 0. The van der Waals surface area contributed by atoms with Gasteiger partial charge < -0.3 is 0 Å². The maximum absolute atomic E-state index is 2.52. The lowest BCUT2D eigenvalue weighted by molar-refractivity contribution is 0.426. The Morgan fingerprint density at radius 1 is 0.593 bits per heavy atom. The van der Waals surface area contributed by atoms with E-state index in [9.17, 15) is 0 Å². The Hall–Kier alpha value is -1.04. The van der Waals surface area contributed by atoms with Crippen LogP contribution in [0.15, 0.2) is 45.6 Å². The quantitative estimate of drug-likeness (QED) is 0.401. The van der Waals surface area contributed by atoms with Crippen LogP contribution in [0.4, 0.5) is 0 Å². The molecule has 0 radical (unpaired) electrons. The fraction of sp³-hybridized carbons (Fsp3) is 0.704. The molecule has 150 valence electrons. The van der Waals surface area contributed by atoms with Crippen molar-refractivity contribution in [3.63, 3.8) is 0 Å². The summed E-state index contributed by atoms with van der Waals surface area (Å²) in [5.74, 6) is 0. The highest BCUT2D eigenvalue weighted by molar-refractivity contribution is 5.63. The van der Waals surface area contributed by atoms with Gasteiger partial charge in [0.05, 0.1) is 0 Å². The van der Waals surface area contributed by atoms with Crippen LogP contribution in [-0.4, -0.2) is 0 Å². The highest BCUT2D eigenvalue weighted by Crippen LogP contribution is 2.54. The van der Waals surface area contributed by atoms with Crippen LogP contribution in [0.3, 0.4) is 0 Å². The van der Waals surface area contributed by atoms with E-state index in [4.69, 9.17) is 0 Å². The van der Waals surface area contributed by atoms with E-state index in [0.29, 0.717) is 0 Å². The monoisotopic (exact) mass is 366 g/mol. The molecule has 2 bridgehead atoms. The van der Waals surface area contributed by atoms with Crippen molar-refractivity contribution in [1.82, 2.24) is 0 Å². The molecule has 0 saturated carbocycles. The first-order chi connectivity index (χ1) is 12.7. The molecule has 0 heterocycles. The van der Waals surface area contributed by atoms with Gasteiger partial charge in [-0.25, -0.2) is 0 Å². The lowest BCUT2D eigenvalue weighted by Gasteiger charge is -2.45. The molecule has 0 aromatic carbocycles. The Morgan fingerprint density at radius 3 is 1.59 bits per heavy atom. The smallest absolute Gasteiger partial charge is 0.0126 e. The maximum atomic E-state index is 2.52. The highest BCUT2D eigenvalue weighted by Gasteiger charge is 2.39. The molecule has 0 saturated heterocycles. The minimum absolute atomic E-state index is 0.278. The second-order valence-electron chi connectivity index (χ2n) is 11.1. The van der Waals surface area contributed by atoms with E-state index in [-0.39, 0.29) is 10.8 Å². The fourth-order valence-electron chi connectivity index (χ4n) is 5.38. The Morgan fingerprint density at radius 2 is 1.07 bits per heavy atom. The molecular weight excluding hydrogens is 324 g/mol. The minimum atomic E-state index is 0.278. The van der Waals surface area contributed by atoms with Crippen LogP contribution in [0.2, 0.25) is 0 Å².